The zero-order valence-electron chi connectivity index (χ0n) is 11.4. The fourth-order valence-corrected chi connectivity index (χ4v) is 2.70. The van der Waals surface area contributed by atoms with Crippen molar-refractivity contribution in [3.05, 3.63) is 0 Å². The maximum atomic E-state index is 12.0. The highest BCUT2D eigenvalue weighted by molar-refractivity contribution is 5.80. The Hall–Kier alpha value is -1.26. The van der Waals surface area contributed by atoms with Crippen molar-refractivity contribution in [1.82, 2.24) is 4.90 Å². The highest BCUT2D eigenvalue weighted by atomic mass is 16.6. The van der Waals surface area contributed by atoms with E-state index in [9.17, 15) is 14.7 Å². The molecule has 0 radical (unpaired) electrons. The Balaban J connectivity index is 2.10. The topological polar surface area (TPSA) is 66.8 Å². The number of carboxylic acid groups (broad SMARTS) is 1. The minimum Gasteiger partial charge on any atom is -0.480 e. The van der Waals surface area contributed by atoms with Crippen LogP contribution in [-0.2, 0) is 9.53 Å². The van der Waals surface area contributed by atoms with E-state index in [1.165, 1.54) is 4.90 Å². The number of aliphatic carboxylic acids is 1. The third kappa shape index (κ3) is 2.44. The van der Waals surface area contributed by atoms with E-state index in [4.69, 9.17) is 4.74 Å². The van der Waals surface area contributed by atoms with Gasteiger partial charge in [-0.2, -0.15) is 0 Å². The maximum Gasteiger partial charge on any atom is 0.411 e. The van der Waals surface area contributed by atoms with Gasteiger partial charge in [0.1, 0.15) is 11.6 Å². The molecular formula is C13H21NO4. The van der Waals surface area contributed by atoms with Crippen LogP contribution in [0.5, 0.6) is 0 Å². The smallest absolute Gasteiger partial charge is 0.411 e. The zero-order valence-corrected chi connectivity index (χ0v) is 11.4. The quantitative estimate of drug-likeness (QED) is 0.779. The van der Waals surface area contributed by atoms with Crippen molar-refractivity contribution in [3.8, 4) is 0 Å². The second-order valence-corrected chi connectivity index (χ2v) is 6.75. The predicted molar refractivity (Wildman–Crippen MR) is 65.2 cm³/mol. The van der Waals surface area contributed by atoms with Crippen LogP contribution < -0.4 is 0 Å². The molecule has 0 aromatic heterocycles. The molecule has 1 heterocycles. The van der Waals surface area contributed by atoms with Gasteiger partial charge in [0, 0.05) is 6.54 Å². The van der Waals surface area contributed by atoms with E-state index in [1.807, 2.05) is 0 Å². The van der Waals surface area contributed by atoms with Crippen molar-refractivity contribution in [2.45, 2.75) is 52.2 Å². The summed E-state index contributed by atoms with van der Waals surface area (Å²) in [6, 6.07) is -0.747. The number of carbonyl (C=O) groups is 2. The minimum absolute atomic E-state index is 0.113. The van der Waals surface area contributed by atoms with Gasteiger partial charge in [0.15, 0.2) is 0 Å². The Morgan fingerprint density at radius 3 is 2.44 bits per heavy atom. The summed E-state index contributed by atoms with van der Waals surface area (Å²) in [5.74, 6) is -0.506. The average Bonchev–Trinajstić information content (AvgIpc) is 2.83. The van der Waals surface area contributed by atoms with Crippen molar-refractivity contribution in [1.29, 1.82) is 0 Å². The molecule has 2 rings (SSSR count). The molecule has 2 aliphatic rings. The summed E-state index contributed by atoms with van der Waals surface area (Å²) in [4.78, 5) is 24.7. The molecule has 0 aromatic carbocycles. The summed E-state index contributed by atoms with van der Waals surface area (Å²) in [7, 11) is 0. The molecule has 1 N–H and O–H groups in total. The number of carbonyl (C=O) groups excluding carboxylic acids is 1. The van der Waals surface area contributed by atoms with E-state index in [1.54, 1.807) is 20.8 Å². The van der Waals surface area contributed by atoms with E-state index < -0.39 is 23.7 Å². The first-order chi connectivity index (χ1) is 8.12. The molecule has 1 unspecified atom stereocenters. The number of carboxylic acids is 1. The fourth-order valence-electron chi connectivity index (χ4n) is 2.70. The number of nitrogens with zero attached hydrogens (tertiary/aromatic N) is 1. The third-order valence-corrected chi connectivity index (χ3v) is 3.90. The number of amides is 1. The molecular weight excluding hydrogens is 234 g/mol. The van der Waals surface area contributed by atoms with Gasteiger partial charge in [-0.05, 0) is 44.9 Å². The second-order valence-electron chi connectivity index (χ2n) is 6.75. The largest absolute Gasteiger partial charge is 0.480 e. The van der Waals surface area contributed by atoms with Crippen molar-refractivity contribution in [2.24, 2.45) is 11.3 Å². The lowest BCUT2D eigenvalue weighted by Crippen LogP contribution is -2.51. The van der Waals surface area contributed by atoms with Gasteiger partial charge in [-0.15, -0.1) is 0 Å². The maximum absolute atomic E-state index is 12.0. The molecule has 1 aliphatic carbocycles. The first-order valence-electron chi connectivity index (χ1n) is 6.35. The van der Waals surface area contributed by atoms with Gasteiger partial charge in [0.05, 0.1) is 0 Å². The van der Waals surface area contributed by atoms with Gasteiger partial charge >= 0.3 is 12.1 Å². The van der Waals surface area contributed by atoms with Crippen LogP contribution in [0.25, 0.3) is 0 Å². The van der Waals surface area contributed by atoms with Crippen molar-refractivity contribution in [3.63, 3.8) is 0 Å². The van der Waals surface area contributed by atoms with Crippen LogP contribution in [0.2, 0.25) is 0 Å². The Kier molecular flexibility index (Phi) is 2.83. The van der Waals surface area contributed by atoms with Crippen LogP contribution in [-0.4, -0.2) is 40.3 Å². The lowest BCUT2D eigenvalue weighted by molar-refractivity contribution is -0.145. The van der Waals surface area contributed by atoms with E-state index in [0.29, 0.717) is 18.9 Å². The Morgan fingerprint density at radius 1 is 1.33 bits per heavy atom. The molecule has 1 saturated heterocycles. The third-order valence-electron chi connectivity index (χ3n) is 3.90. The van der Waals surface area contributed by atoms with Crippen LogP contribution in [0.15, 0.2) is 0 Å². The number of piperidine rings is 1. The first kappa shape index (κ1) is 13.2. The summed E-state index contributed by atoms with van der Waals surface area (Å²) in [5, 5.41) is 9.26. The number of fused-ring (bicyclic) bond motifs is 1. The van der Waals surface area contributed by atoms with Gasteiger partial charge in [0.25, 0.3) is 0 Å². The minimum atomic E-state index is -0.938. The molecule has 2 fully saturated rings. The van der Waals surface area contributed by atoms with Gasteiger partial charge in [-0.25, -0.2) is 9.59 Å². The lowest BCUT2D eigenvalue weighted by atomic mass is 9.91. The van der Waals surface area contributed by atoms with Crippen LogP contribution in [0.3, 0.4) is 0 Å². The number of ether oxygens (including phenoxy) is 1. The van der Waals surface area contributed by atoms with Gasteiger partial charge < -0.3 is 9.84 Å². The molecule has 1 aliphatic heterocycles. The summed E-state index contributed by atoms with van der Waals surface area (Å²) in [5.41, 5.74) is -0.480. The second kappa shape index (κ2) is 3.87. The molecule has 18 heavy (non-hydrogen) atoms. The van der Waals surface area contributed by atoms with E-state index >= 15 is 0 Å². The highest BCUT2D eigenvalue weighted by Crippen LogP contribution is 2.59. The summed E-state index contributed by atoms with van der Waals surface area (Å²) in [6.07, 6.45) is 1.03. The fraction of sp³-hybridized carbons (Fsp3) is 0.846. The van der Waals surface area contributed by atoms with Crippen LogP contribution in [0.1, 0.15) is 40.5 Å². The monoisotopic (exact) mass is 255 g/mol. The number of hydrogen-bond acceptors (Lipinski definition) is 3. The number of likely N-dealkylation sites (tertiary alicyclic amines) is 1. The van der Waals surface area contributed by atoms with E-state index in [0.717, 1.165) is 6.42 Å². The number of rotatable bonds is 1. The molecule has 3 atom stereocenters. The van der Waals surface area contributed by atoms with Crippen molar-refractivity contribution < 1.29 is 19.4 Å². The average molecular weight is 255 g/mol. The summed E-state index contributed by atoms with van der Waals surface area (Å²) < 4.78 is 5.28. The predicted octanol–water partition coefficient (Wildman–Crippen LogP) is 2.11. The molecule has 1 amide bonds. The molecule has 102 valence electrons. The van der Waals surface area contributed by atoms with E-state index in [-0.39, 0.29) is 5.41 Å². The lowest BCUT2D eigenvalue weighted by Gasteiger charge is -2.36. The molecule has 5 heteroatoms. The molecule has 0 spiro atoms. The first-order valence-corrected chi connectivity index (χ1v) is 6.35. The number of hydrogen-bond donors (Lipinski definition) is 1. The molecule has 0 aromatic rings. The van der Waals surface area contributed by atoms with Crippen LogP contribution in [0, 0.1) is 11.3 Å². The van der Waals surface area contributed by atoms with Crippen molar-refractivity contribution >= 4 is 12.1 Å². The van der Waals surface area contributed by atoms with Crippen molar-refractivity contribution in [2.75, 3.05) is 6.54 Å². The van der Waals surface area contributed by atoms with Crippen LogP contribution >= 0.6 is 0 Å². The van der Waals surface area contributed by atoms with Gasteiger partial charge in [-0.1, -0.05) is 6.92 Å². The summed E-state index contributed by atoms with van der Waals surface area (Å²) >= 11 is 0. The van der Waals surface area contributed by atoms with E-state index in [2.05, 4.69) is 6.92 Å². The Morgan fingerprint density at radius 2 is 1.94 bits per heavy atom. The molecule has 5 nitrogen and oxygen atoms in total. The zero-order chi connectivity index (χ0) is 13.7. The molecule has 0 bridgehead atoms. The highest BCUT2D eigenvalue weighted by Gasteiger charge is 2.58. The Bertz CT molecular complexity index is 387. The normalized spacial score (nSPS) is 34.8. The van der Waals surface area contributed by atoms with Crippen LogP contribution in [0.4, 0.5) is 4.79 Å². The molecule has 1 saturated carbocycles. The summed E-state index contributed by atoms with van der Waals surface area (Å²) in [6.45, 7) is 7.95. The Labute approximate surface area is 107 Å². The van der Waals surface area contributed by atoms with Gasteiger partial charge in [0.2, 0.25) is 0 Å². The van der Waals surface area contributed by atoms with Gasteiger partial charge in [-0.3, -0.25) is 4.90 Å². The SMILES string of the molecule is CC(C)(C)OC(=O)N1C[C@@H]2C[C@@]2(C)CC1C(=O)O. The standard InChI is InChI=1S/C13H21NO4/c1-12(2,3)18-11(17)14-7-8-5-13(8,4)6-9(14)10(15)16/h8-9H,5-7H2,1-4H3,(H,15,16)/t8-,9?,13-/m0/s1.